The number of carbonyl (C=O) groups excluding carboxylic acids is 1. The maximum absolute atomic E-state index is 12.1. The highest BCUT2D eigenvalue weighted by molar-refractivity contribution is 5.87. The SMILES string of the molecule is CC(C)c1ccccc1N1CCN(C)C(=O)C1CO. The molecule has 1 aromatic carbocycles. The second-order valence-corrected chi connectivity index (χ2v) is 5.37. The molecule has 1 aliphatic heterocycles. The summed E-state index contributed by atoms with van der Waals surface area (Å²) in [5.74, 6) is 0.387. The third kappa shape index (κ3) is 2.59. The van der Waals surface area contributed by atoms with Crippen molar-refractivity contribution in [3.8, 4) is 0 Å². The van der Waals surface area contributed by atoms with Crippen LogP contribution in [0.5, 0.6) is 0 Å². The lowest BCUT2D eigenvalue weighted by Crippen LogP contribution is -2.57. The number of hydrogen-bond acceptors (Lipinski definition) is 3. The quantitative estimate of drug-likeness (QED) is 0.896. The van der Waals surface area contributed by atoms with E-state index in [0.717, 1.165) is 12.2 Å². The standard InChI is InChI=1S/C15H22N2O2/c1-11(2)12-6-4-5-7-13(12)17-9-8-16(3)15(19)14(17)10-18/h4-7,11,14,18H,8-10H2,1-3H3. The molecule has 0 aliphatic carbocycles. The lowest BCUT2D eigenvalue weighted by atomic mass is 9.98. The number of aliphatic hydroxyl groups is 1. The number of likely N-dealkylation sites (N-methyl/N-ethyl adjacent to an activating group) is 1. The van der Waals surface area contributed by atoms with Crippen molar-refractivity contribution in [2.45, 2.75) is 25.8 Å². The topological polar surface area (TPSA) is 43.8 Å². The van der Waals surface area contributed by atoms with Crippen molar-refractivity contribution in [1.29, 1.82) is 0 Å². The Bertz CT molecular complexity index is 459. The summed E-state index contributed by atoms with van der Waals surface area (Å²) in [6, 6.07) is 7.68. The molecule has 1 fully saturated rings. The molecule has 1 aromatic rings. The first-order valence-corrected chi connectivity index (χ1v) is 6.77. The second-order valence-electron chi connectivity index (χ2n) is 5.37. The molecule has 0 aromatic heterocycles. The smallest absolute Gasteiger partial charge is 0.247 e. The van der Waals surface area contributed by atoms with Gasteiger partial charge in [-0.15, -0.1) is 0 Å². The Hall–Kier alpha value is -1.55. The van der Waals surface area contributed by atoms with E-state index in [1.807, 2.05) is 23.1 Å². The van der Waals surface area contributed by atoms with Crippen LogP contribution in [0.1, 0.15) is 25.3 Å². The van der Waals surface area contributed by atoms with Gasteiger partial charge in [-0.3, -0.25) is 4.79 Å². The fourth-order valence-corrected chi connectivity index (χ4v) is 2.61. The molecular weight excluding hydrogens is 240 g/mol. The van der Waals surface area contributed by atoms with Crippen LogP contribution in [-0.2, 0) is 4.79 Å². The van der Waals surface area contributed by atoms with Crippen molar-refractivity contribution >= 4 is 11.6 Å². The van der Waals surface area contributed by atoms with Crippen molar-refractivity contribution < 1.29 is 9.90 Å². The molecule has 0 spiro atoms. The molecule has 1 N–H and O–H groups in total. The third-order valence-electron chi connectivity index (χ3n) is 3.75. The Balaban J connectivity index is 2.37. The summed E-state index contributed by atoms with van der Waals surface area (Å²) in [5, 5.41) is 9.55. The normalized spacial score (nSPS) is 20.3. The van der Waals surface area contributed by atoms with Crippen LogP contribution in [-0.4, -0.2) is 48.7 Å². The molecule has 0 bridgehead atoms. The van der Waals surface area contributed by atoms with E-state index < -0.39 is 6.04 Å². The van der Waals surface area contributed by atoms with Gasteiger partial charge in [0, 0.05) is 25.8 Å². The van der Waals surface area contributed by atoms with Crippen molar-refractivity contribution in [2.24, 2.45) is 0 Å². The van der Waals surface area contributed by atoms with Crippen molar-refractivity contribution in [1.82, 2.24) is 4.90 Å². The minimum atomic E-state index is -0.460. The van der Waals surface area contributed by atoms with Crippen LogP contribution in [0.4, 0.5) is 5.69 Å². The van der Waals surface area contributed by atoms with Crippen LogP contribution in [0.25, 0.3) is 0 Å². The van der Waals surface area contributed by atoms with E-state index in [-0.39, 0.29) is 12.5 Å². The van der Waals surface area contributed by atoms with Gasteiger partial charge in [0.05, 0.1) is 6.61 Å². The van der Waals surface area contributed by atoms with Crippen LogP contribution >= 0.6 is 0 Å². The zero-order valence-corrected chi connectivity index (χ0v) is 11.8. The van der Waals surface area contributed by atoms with Crippen LogP contribution in [0, 0.1) is 0 Å². The first-order valence-electron chi connectivity index (χ1n) is 6.77. The molecule has 1 unspecified atom stereocenters. The predicted molar refractivity (Wildman–Crippen MR) is 76.4 cm³/mol. The van der Waals surface area contributed by atoms with Crippen LogP contribution in [0.15, 0.2) is 24.3 Å². The minimum Gasteiger partial charge on any atom is -0.394 e. The summed E-state index contributed by atoms with van der Waals surface area (Å²) in [6.07, 6.45) is 0. The van der Waals surface area contributed by atoms with E-state index in [0.29, 0.717) is 12.5 Å². The maximum Gasteiger partial charge on any atom is 0.247 e. The zero-order valence-electron chi connectivity index (χ0n) is 11.8. The molecule has 104 valence electrons. The maximum atomic E-state index is 12.1. The number of benzene rings is 1. The molecular formula is C15H22N2O2. The average molecular weight is 262 g/mol. The minimum absolute atomic E-state index is 0.00712. The number of anilines is 1. The summed E-state index contributed by atoms with van der Waals surface area (Å²) in [5.41, 5.74) is 2.29. The van der Waals surface area contributed by atoms with Gasteiger partial charge >= 0.3 is 0 Å². The number of para-hydroxylation sites is 1. The van der Waals surface area contributed by atoms with Gasteiger partial charge in [-0.25, -0.2) is 0 Å². The third-order valence-corrected chi connectivity index (χ3v) is 3.75. The summed E-state index contributed by atoms with van der Waals surface area (Å²) < 4.78 is 0. The predicted octanol–water partition coefficient (Wildman–Crippen LogP) is 1.45. The molecule has 1 amide bonds. The van der Waals surface area contributed by atoms with Gasteiger partial charge in [0.1, 0.15) is 6.04 Å². The number of nitrogens with zero attached hydrogens (tertiary/aromatic N) is 2. The largest absolute Gasteiger partial charge is 0.394 e. The number of piperazine rings is 1. The molecule has 19 heavy (non-hydrogen) atoms. The summed E-state index contributed by atoms with van der Waals surface area (Å²) in [7, 11) is 1.79. The number of rotatable bonds is 3. The molecule has 4 heteroatoms. The molecule has 4 nitrogen and oxygen atoms in total. The monoisotopic (exact) mass is 262 g/mol. The second kappa shape index (κ2) is 5.61. The van der Waals surface area contributed by atoms with E-state index in [4.69, 9.17) is 0 Å². The first-order chi connectivity index (χ1) is 9.06. The lowest BCUT2D eigenvalue weighted by molar-refractivity contribution is -0.133. The Kier molecular flexibility index (Phi) is 4.10. The lowest BCUT2D eigenvalue weighted by Gasteiger charge is -2.40. The Morgan fingerprint density at radius 3 is 2.63 bits per heavy atom. The van der Waals surface area contributed by atoms with Gasteiger partial charge < -0.3 is 14.9 Å². The van der Waals surface area contributed by atoms with Gasteiger partial charge in [-0.1, -0.05) is 32.0 Å². The average Bonchev–Trinajstić information content (AvgIpc) is 2.41. The summed E-state index contributed by atoms with van der Waals surface area (Å²) in [6.45, 7) is 5.60. The van der Waals surface area contributed by atoms with E-state index in [1.165, 1.54) is 5.56 Å². The number of carbonyl (C=O) groups is 1. The molecule has 1 atom stereocenters. The Labute approximate surface area is 114 Å². The van der Waals surface area contributed by atoms with Gasteiger partial charge in [0.25, 0.3) is 0 Å². The van der Waals surface area contributed by atoms with Gasteiger partial charge in [0.15, 0.2) is 0 Å². The molecule has 0 saturated carbocycles. The number of hydrogen-bond donors (Lipinski definition) is 1. The van der Waals surface area contributed by atoms with Gasteiger partial charge in [0.2, 0.25) is 5.91 Å². The van der Waals surface area contributed by atoms with Crippen molar-refractivity contribution in [3.05, 3.63) is 29.8 Å². The molecule has 0 radical (unpaired) electrons. The Morgan fingerprint density at radius 2 is 2.00 bits per heavy atom. The molecule has 2 rings (SSSR count). The first kappa shape index (κ1) is 13.9. The fraction of sp³-hybridized carbons (Fsp3) is 0.533. The van der Waals surface area contributed by atoms with Gasteiger partial charge in [-0.2, -0.15) is 0 Å². The highest BCUT2D eigenvalue weighted by Gasteiger charge is 2.33. The van der Waals surface area contributed by atoms with Crippen LogP contribution < -0.4 is 4.90 Å². The number of aliphatic hydroxyl groups excluding tert-OH is 1. The van der Waals surface area contributed by atoms with Crippen molar-refractivity contribution in [3.63, 3.8) is 0 Å². The van der Waals surface area contributed by atoms with Gasteiger partial charge in [-0.05, 0) is 17.5 Å². The van der Waals surface area contributed by atoms with Crippen LogP contribution in [0.2, 0.25) is 0 Å². The molecule has 1 heterocycles. The van der Waals surface area contributed by atoms with E-state index >= 15 is 0 Å². The van der Waals surface area contributed by atoms with E-state index in [1.54, 1.807) is 11.9 Å². The van der Waals surface area contributed by atoms with Crippen molar-refractivity contribution in [2.75, 3.05) is 31.6 Å². The van der Waals surface area contributed by atoms with E-state index in [9.17, 15) is 9.90 Å². The van der Waals surface area contributed by atoms with E-state index in [2.05, 4.69) is 19.9 Å². The molecule has 1 saturated heterocycles. The summed E-state index contributed by atoms with van der Waals surface area (Å²) in [4.78, 5) is 15.9. The highest BCUT2D eigenvalue weighted by atomic mass is 16.3. The number of amides is 1. The Morgan fingerprint density at radius 1 is 1.32 bits per heavy atom. The zero-order chi connectivity index (χ0) is 14.0. The molecule has 1 aliphatic rings. The fourth-order valence-electron chi connectivity index (χ4n) is 2.61. The van der Waals surface area contributed by atoms with Crippen LogP contribution in [0.3, 0.4) is 0 Å². The summed E-state index contributed by atoms with van der Waals surface area (Å²) >= 11 is 0. The highest BCUT2D eigenvalue weighted by Crippen LogP contribution is 2.30.